The number of nitrogens with one attached hydrogen (secondary N) is 1. The predicted octanol–water partition coefficient (Wildman–Crippen LogP) is 5.84. The van der Waals surface area contributed by atoms with Crippen LogP contribution in [0.2, 0.25) is 0 Å². The highest BCUT2D eigenvalue weighted by molar-refractivity contribution is 7.18. The molecule has 2 aromatic rings. The van der Waals surface area contributed by atoms with Crippen LogP contribution in [0.15, 0.2) is 24.3 Å². The van der Waals surface area contributed by atoms with Crippen LogP contribution in [0, 0.1) is 23.7 Å². The van der Waals surface area contributed by atoms with Crippen molar-refractivity contribution in [2.75, 3.05) is 18.5 Å². The molecule has 1 aromatic heterocycles. The van der Waals surface area contributed by atoms with E-state index in [2.05, 4.69) is 39.9 Å². The Kier molecular flexibility index (Phi) is 8.08. The van der Waals surface area contributed by atoms with E-state index in [1.807, 2.05) is 30.3 Å². The molecule has 1 amide bonds. The van der Waals surface area contributed by atoms with Crippen molar-refractivity contribution in [2.45, 2.75) is 60.3 Å². The van der Waals surface area contributed by atoms with Crippen LogP contribution in [-0.4, -0.2) is 25.1 Å². The Bertz CT molecular complexity index is 1010. The summed E-state index contributed by atoms with van der Waals surface area (Å²) in [4.78, 5) is 24.8. The molecular weight excluding hydrogens is 424 g/mol. The van der Waals surface area contributed by atoms with Gasteiger partial charge >= 0.3 is 5.97 Å². The van der Waals surface area contributed by atoms with E-state index in [0.29, 0.717) is 21.2 Å². The fraction of sp³-hybridized carbons (Fsp3) is 0.480. The molecule has 0 aliphatic heterocycles. The number of thiophene rings is 1. The predicted molar refractivity (Wildman–Crippen MR) is 127 cm³/mol. The number of esters is 1. The number of nitrogens with zero attached hydrogens (tertiary/aromatic N) is 1. The van der Waals surface area contributed by atoms with E-state index in [4.69, 9.17) is 9.47 Å². The fourth-order valence-corrected chi connectivity index (χ4v) is 4.94. The minimum absolute atomic E-state index is 0.0233. The Morgan fingerprint density at radius 1 is 1.12 bits per heavy atom. The van der Waals surface area contributed by atoms with Gasteiger partial charge in [-0.3, -0.25) is 4.79 Å². The SMILES string of the molecule is CCOC(=O)c1sc(NC(=O)COc2ccc(C(C)(C)CC(C)(C)C)cc2)c(C#N)c1C. The first kappa shape index (κ1) is 25.4. The highest BCUT2D eigenvalue weighted by Gasteiger charge is 2.27. The molecule has 0 radical (unpaired) electrons. The monoisotopic (exact) mass is 456 g/mol. The second-order valence-electron chi connectivity index (χ2n) is 9.58. The molecule has 1 heterocycles. The van der Waals surface area contributed by atoms with Gasteiger partial charge in [0.1, 0.15) is 21.7 Å². The van der Waals surface area contributed by atoms with Crippen molar-refractivity contribution in [2.24, 2.45) is 5.41 Å². The first-order valence-corrected chi connectivity index (χ1v) is 11.4. The fourth-order valence-electron chi connectivity index (χ4n) is 3.87. The largest absolute Gasteiger partial charge is 0.484 e. The molecule has 0 fully saturated rings. The number of nitriles is 1. The van der Waals surface area contributed by atoms with E-state index in [-0.39, 0.29) is 29.6 Å². The number of amides is 1. The lowest BCUT2D eigenvalue weighted by molar-refractivity contribution is -0.118. The number of hydrogen-bond acceptors (Lipinski definition) is 6. The van der Waals surface area contributed by atoms with Crippen LogP contribution in [0.25, 0.3) is 0 Å². The van der Waals surface area contributed by atoms with Gasteiger partial charge in [0.05, 0.1) is 12.2 Å². The molecule has 6 nitrogen and oxygen atoms in total. The minimum atomic E-state index is -0.502. The molecule has 0 aliphatic rings. The van der Waals surface area contributed by atoms with E-state index in [0.717, 1.165) is 17.8 Å². The first-order valence-electron chi connectivity index (χ1n) is 10.6. The number of benzene rings is 1. The lowest BCUT2D eigenvalue weighted by Gasteiger charge is -2.33. The molecule has 0 atom stereocenters. The van der Waals surface area contributed by atoms with Gasteiger partial charge in [0.2, 0.25) is 0 Å². The molecule has 0 saturated carbocycles. The summed E-state index contributed by atoms with van der Waals surface area (Å²) in [7, 11) is 0. The third kappa shape index (κ3) is 6.57. The summed E-state index contributed by atoms with van der Waals surface area (Å²) < 4.78 is 10.6. The maximum atomic E-state index is 12.4. The number of ether oxygens (including phenoxy) is 2. The Labute approximate surface area is 194 Å². The molecule has 0 bridgehead atoms. The van der Waals surface area contributed by atoms with Gasteiger partial charge in [-0.25, -0.2) is 4.79 Å². The van der Waals surface area contributed by atoms with Crippen molar-refractivity contribution in [3.8, 4) is 11.8 Å². The number of hydrogen-bond donors (Lipinski definition) is 1. The molecule has 1 N–H and O–H groups in total. The van der Waals surface area contributed by atoms with Gasteiger partial charge in [-0.2, -0.15) is 5.26 Å². The Morgan fingerprint density at radius 3 is 2.28 bits per heavy atom. The average Bonchev–Trinajstić information content (AvgIpc) is 3.00. The quantitative estimate of drug-likeness (QED) is 0.504. The van der Waals surface area contributed by atoms with Crippen LogP contribution in [0.5, 0.6) is 5.75 Å². The van der Waals surface area contributed by atoms with Crippen LogP contribution >= 0.6 is 11.3 Å². The van der Waals surface area contributed by atoms with Crippen LogP contribution in [-0.2, 0) is 14.9 Å². The number of carbonyl (C=O) groups is 2. The number of rotatable bonds is 8. The summed E-state index contributed by atoms with van der Waals surface area (Å²) >= 11 is 1.03. The maximum absolute atomic E-state index is 12.4. The molecule has 0 saturated heterocycles. The molecular formula is C25H32N2O4S. The normalized spacial score (nSPS) is 11.6. The summed E-state index contributed by atoms with van der Waals surface area (Å²) in [5.74, 6) is -0.321. The average molecular weight is 457 g/mol. The van der Waals surface area contributed by atoms with Gasteiger partial charge in [0.25, 0.3) is 5.91 Å². The van der Waals surface area contributed by atoms with Gasteiger partial charge in [-0.1, -0.05) is 46.8 Å². The highest BCUT2D eigenvalue weighted by atomic mass is 32.1. The smallest absolute Gasteiger partial charge is 0.348 e. The zero-order chi connectivity index (χ0) is 24.1. The van der Waals surface area contributed by atoms with Crippen molar-refractivity contribution in [1.82, 2.24) is 0 Å². The van der Waals surface area contributed by atoms with Crippen LogP contribution in [0.3, 0.4) is 0 Å². The zero-order valence-corrected chi connectivity index (χ0v) is 20.7. The standard InChI is InChI=1S/C25H32N2O4S/c1-8-30-23(29)21-16(2)19(13-26)22(32-21)27-20(28)14-31-18-11-9-17(10-12-18)25(6,7)15-24(3,4)5/h9-12H,8,14-15H2,1-7H3,(H,27,28). The second kappa shape index (κ2) is 10.2. The molecule has 0 aliphatic carbocycles. The van der Waals surface area contributed by atoms with Gasteiger partial charge in [0, 0.05) is 0 Å². The number of anilines is 1. The zero-order valence-electron chi connectivity index (χ0n) is 19.9. The maximum Gasteiger partial charge on any atom is 0.348 e. The molecule has 32 heavy (non-hydrogen) atoms. The molecule has 2 rings (SSSR count). The summed E-state index contributed by atoms with van der Waals surface area (Å²) in [6, 6.07) is 9.83. The van der Waals surface area contributed by atoms with Crippen molar-refractivity contribution in [3.05, 3.63) is 45.8 Å². The Morgan fingerprint density at radius 2 is 1.75 bits per heavy atom. The van der Waals surface area contributed by atoms with Crippen molar-refractivity contribution in [1.29, 1.82) is 5.26 Å². The highest BCUT2D eigenvalue weighted by Crippen LogP contribution is 2.37. The van der Waals surface area contributed by atoms with E-state index in [1.165, 1.54) is 5.56 Å². The number of carbonyl (C=O) groups excluding carboxylic acids is 2. The summed E-state index contributed by atoms with van der Waals surface area (Å²) in [6.45, 7) is 14.5. The topological polar surface area (TPSA) is 88.4 Å². The van der Waals surface area contributed by atoms with Crippen LogP contribution in [0.4, 0.5) is 5.00 Å². The van der Waals surface area contributed by atoms with E-state index >= 15 is 0 Å². The first-order chi connectivity index (χ1) is 14.9. The van der Waals surface area contributed by atoms with Crippen LogP contribution in [0.1, 0.15) is 74.3 Å². The summed E-state index contributed by atoms with van der Waals surface area (Å²) in [5, 5.41) is 12.4. The Hall–Kier alpha value is -2.85. The van der Waals surface area contributed by atoms with E-state index < -0.39 is 11.9 Å². The summed E-state index contributed by atoms with van der Waals surface area (Å²) in [5.41, 5.74) is 2.21. The molecule has 0 unspecified atom stereocenters. The lowest BCUT2D eigenvalue weighted by atomic mass is 9.72. The van der Waals surface area contributed by atoms with Gasteiger partial charge in [0.15, 0.2) is 6.61 Å². The van der Waals surface area contributed by atoms with E-state index in [9.17, 15) is 14.9 Å². The van der Waals surface area contributed by atoms with Crippen molar-refractivity contribution < 1.29 is 19.1 Å². The lowest BCUT2D eigenvalue weighted by Crippen LogP contribution is -2.24. The van der Waals surface area contributed by atoms with Gasteiger partial charge in [-0.15, -0.1) is 11.3 Å². The third-order valence-corrected chi connectivity index (χ3v) is 6.14. The van der Waals surface area contributed by atoms with E-state index in [1.54, 1.807) is 13.8 Å². The molecule has 7 heteroatoms. The van der Waals surface area contributed by atoms with Crippen molar-refractivity contribution >= 4 is 28.2 Å². The van der Waals surface area contributed by atoms with Gasteiger partial charge in [-0.05, 0) is 54.4 Å². The van der Waals surface area contributed by atoms with Crippen LogP contribution < -0.4 is 10.1 Å². The third-order valence-electron chi connectivity index (χ3n) is 4.95. The second-order valence-corrected chi connectivity index (χ2v) is 10.6. The van der Waals surface area contributed by atoms with Crippen molar-refractivity contribution in [3.63, 3.8) is 0 Å². The summed E-state index contributed by atoms with van der Waals surface area (Å²) in [6.07, 6.45) is 1.04. The minimum Gasteiger partial charge on any atom is -0.484 e. The van der Waals surface area contributed by atoms with Gasteiger partial charge < -0.3 is 14.8 Å². The molecule has 0 spiro atoms. The molecule has 1 aromatic carbocycles. The molecule has 172 valence electrons. The Balaban J connectivity index is 2.03.